The second kappa shape index (κ2) is 12.3. The predicted molar refractivity (Wildman–Crippen MR) is 144 cm³/mol. The minimum absolute atomic E-state index is 0.0209. The molecule has 2 fully saturated rings. The molecule has 2 aliphatic rings. The molecule has 10 heteroatoms. The first kappa shape index (κ1) is 29.7. The van der Waals surface area contributed by atoms with Crippen LogP contribution in [0.1, 0.15) is 71.2 Å². The maximum Gasteiger partial charge on any atom is 0.410 e. The van der Waals surface area contributed by atoms with Crippen LogP contribution in [0.2, 0.25) is 0 Å². The third-order valence-electron chi connectivity index (χ3n) is 6.54. The third-order valence-corrected chi connectivity index (χ3v) is 6.54. The average Bonchev–Trinajstić information content (AvgIpc) is 2.82. The summed E-state index contributed by atoms with van der Waals surface area (Å²) in [5, 5.41) is 2.59. The molecule has 1 N–H and O–H groups in total. The van der Waals surface area contributed by atoms with Crippen LogP contribution < -0.4 is 10.2 Å². The van der Waals surface area contributed by atoms with E-state index in [0.29, 0.717) is 19.1 Å². The van der Waals surface area contributed by atoms with E-state index >= 15 is 0 Å². The smallest absolute Gasteiger partial charge is 0.410 e. The van der Waals surface area contributed by atoms with E-state index in [-0.39, 0.29) is 24.6 Å². The van der Waals surface area contributed by atoms with Crippen molar-refractivity contribution < 1.29 is 28.2 Å². The average molecular weight is 535 g/mol. The highest BCUT2D eigenvalue weighted by atomic mass is 19.1. The van der Waals surface area contributed by atoms with Crippen LogP contribution in [0.15, 0.2) is 18.2 Å². The van der Waals surface area contributed by atoms with Crippen molar-refractivity contribution in [3.8, 4) is 0 Å². The number of hydrogen-bond donors (Lipinski definition) is 1. The lowest BCUT2D eigenvalue weighted by atomic mass is 10.0. The van der Waals surface area contributed by atoms with Crippen molar-refractivity contribution in [1.29, 1.82) is 0 Å². The fourth-order valence-corrected chi connectivity index (χ4v) is 4.74. The molecule has 0 bridgehead atoms. The SMILES string of the molecule is CC(C)(C)OC(=O)CCNC(=O)c1ccc(N2CCN(C3CCN(C(=O)OC(C)(C)C)CC3)CC2)cc1F. The lowest BCUT2D eigenvalue weighted by molar-refractivity contribution is -0.154. The Morgan fingerprint density at radius 1 is 0.921 bits per heavy atom. The van der Waals surface area contributed by atoms with Crippen molar-refractivity contribution in [2.24, 2.45) is 0 Å². The Morgan fingerprint density at radius 2 is 1.53 bits per heavy atom. The molecule has 0 spiro atoms. The van der Waals surface area contributed by atoms with Crippen molar-refractivity contribution in [2.75, 3.05) is 50.7 Å². The van der Waals surface area contributed by atoms with Crippen LogP contribution in [0.5, 0.6) is 0 Å². The second-order valence-corrected chi connectivity index (χ2v) is 12.0. The van der Waals surface area contributed by atoms with Gasteiger partial charge >= 0.3 is 12.1 Å². The Kier molecular flexibility index (Phi) is 9.62. The van der Waals surface area contributed by atoms with Gasteiger partial charge in [-0.15, -0.1) is 0 Å². The van der Waals surface area contributed by atoms with E-state index in [0.717, 1.165) is 44.7 Å². The Morgan fingerprint density at radius 3 is 2.08 bits per heavy atom. The van der Waals surface area contributed by atoms with Crippen LogP contribution in [0.4, 0.5) is 14.9 Å². The summed E-state index contributed by atoms with van der Waals surface area (Å²) in [6, 6.07) is 5.07. The normalized spacial score (nSPS) is 17.8. The molecule has 2 heterocycles. The number of benzene rings is 1. The molecule has 3 rings (SSSR count). The predicted octanol–water partition coefficient (Wildman–Crippen LogP) is 3.81. The van der Waals surface area contributed by atoms with Crippen LogP contribution >= 0.6 is 0 Å². The van der Waals surface area contributed by atoms with Crippen LogP contribution in [0.25, 0.3) is 0 Å². The minimum atomic E-state index is -0.589. The van der Waals surface area contributed by atoms with Crippen molar-refractivity contribution >= 4 is 23.7 Å². The number of carbonyl (C=O) groups is 3. The molecular formula is C28H43FN4O5. The van der Waals surface area contributed by atoms with E-state index in [1.807, 2.05) is 20.8 Å². The molecule has 0 unspecified atom stereocenters. The first-order valence-corrected chi connectivity index (χ1v) is 13.5. The molecule has 0 atom stereocenters. The lowest BCUT2D eigenvalue weighted by Crippen LogP contribution is -2.54. The number of ether oxygens (including phenoxy) is 2. The first-order chi connectivity index (χ1) is 17.7. The number of anilines is 1. The summed E-state index contributed by atoms with van der Waals surface area (Å²) in [5.41, 5.74) is -0.387. The number of nitrogens with zero attached hydrogens (tertiary/aromatic N) is 3. The summed E-state index contributed by atoms with van der Waals surface area (Å²) in [6.45, 7) is 15.6. The maximum absolute atomic E-state index is 14.8. The van der Waals surface area contributed by atoms with Crippen LogP contribution in [0, 0.1) is 5.82 Å². The molecule has 1 aromatic rings. The number of nitrogens with one attached hydrogen (secondary N) is 1. The van der Waals surface area contributed by atoms with E-state index in [1.165, 1.54) is 12.1 Å². The summed E-state index contributed by atoms with van der Waals surface area (Å²) in [7, 11) is 0. The zero-order valence-corrected chi connectivity index (χ0v) is 23.6. The van der Waals surface area contributed by atoms with Gasteiger partial charge in [-0.1, -0.05) is 0 Å². The summed E-state index contributed by atoms with van der Waals surface area (Å²) in [6.07, 6.45) is 1.59. The monoisotopic (exact) mass is 534 g/mol. The summed E-state index contributed by atoms with van der Waals surface area (Å²) >= 11 is 0. The molecule has 1 aromatic carbocycles. The Labute approximate surface area is 225 Å². The zero-order valence-electron chi connectivity index (χ0n) is 23.6. The number of carbonyl (C=O) groups excluding carboxylic acids is 3. The number of likely N-dealkylation sites (tertiary alicyclic amines) is 1. The van der Waals surface area contributed by atoms with E-state index in [2.05, 4.69) is 15.1 Å². The van der Waals surface area contributed by atoms with E-state index in [9.17, 15) is 18.8 Å². The van der Waals surface area contributed by atoms with Gasteiger partial charge in [-0.25, -0.2) is 9.18 Å². The number of rotatable bonds is 6. The molecular weight excluding hydrogens is 491 g/mol. The van der Waals surface area contributed by atoms with Gasteiger partial charge in [0.1, 0.15) is 17.0 Å². The fraction of sp³-hybridized carbons (Fsp3) is 0.679. The molecule has 9 nitrogen and oxygen atoms in total. The third kappa shape index (κ3) is 8.85. The van der Waals surface area contributed by atoms with E-state index < -0.39 is 28.9 Å². The van der Waals surface area contributed by atoms with E-state index in [4.69, 9.17) is 9.47 Å². The van der Waals surface area contributed by atoms with Gasteiger partial charge in [-0.2, -0.15) is 0 Å². The van der Waals surface area contributed by atoms with E-state index in [1.54, 1.807) is 31.7 Å². The van der Waals surface area contributed by atoms with Crippen molar-refractivity contribution in [3.63, 3.8) is 0 Å². The molecule has 2 aliphatic heterocycles. The number of amides is 2. The van der Waals surface area contributed by atoms with Crippen LogP contribution in [-0.4, -0.2) is 90.8 Å². The molecule has 2 amide bonds. The van der Waals surface area contributed by atoms with Gasteiger partial charge in [-0.05, 0) is 72.6 Å². The molecule has 0 aromatic heterocycles. The first-order valence-electron chi connectivity index (χ1n) is 13.5. The Bertz CT molecular complexity index is 988. The van der Waals surface area contributed by atoms with Crippen molar-refractivity contribution in [3.05, 3.63) is 29.6 Å². The summed E-state index contributed by atoms with van der Waals surface area (Å²) < 4.78 is 25.5. The summed E-state index contributed by atoms with van der Waals surface area (Å²) in [5.74, 6) is -1.56. The standard InChI is InChI=1S/C28H43FN4O5/c1-27(2,3)37-24(34)9-12-30-25(35)22-8-7-21(19-23(22)29)32-17-15-31(16-18-32)20-10-13-33(14-11-20)26(36)38-28(4,5)6/h7-8,19-20H,9-18H2,1-6H3,(H,30,35). The highest BCUT2D eigenvalue weighted by Gasteiger charge is 2.31. The quantitative estimate of drug-likeness (QED) is 0.555. The molecule has 0 saturated carbocycles. The maximum atomic E-state index is 14.8. The zero-order chi connectivity index (χ0) is 28.1. The van der Waals surface area contributed by atoms with Gasteiger partial charge in [0.05, 0.1) is 12.0 Å². The van der Waals surface area contributed by atoms with Gasteiger partial charge < -0.3 is 24.6 Å². The summed E-state index contributed by atoms with van der Waals surface area (Å²) in [4.78, 5) is 42.9. The number of piperidine rings is 1. The van der Waals surface area contributed by atoms with Crippen LogP contribution in [0.3, 0.4) is 0 Å². The Balaban J connectivity index is 1.44. The highest BCUT2D eigenvalue weighted by molar-refractivity contribution is 5.95. The number of esters is 1. The lowest BCUT2D eigenvalue weighted by Gasteiger charge is -2.43. The van der Waals surface area contributed by atoms with Gasteiger partial charge in [0.2, 0.25) is 0 Å². The molecule has 38 heavy (non-hydrogen) atoms. The molecule has 212 valence electrons. The fourth-order valence-electron chi connectivity index (χ4n) is 4.74. The van der Waals surface area contributed by atoms with Crippen molar-refractivity contribution in [2.45, 2.75) is 78.0 Å². The van der Waals surface area contributed by atoms with Crippen LogP contribution in [-0.2, 0) is 14.3 Å². The Hall–Kier alpha value is -2.88. The second-order valence-electron chi connectivity index (χ2n) is 12.0. The van der Waals surface area contributed by atoms with Crippen molar-refractivity contribution in [1.82, 2.24) is 15.1 Å². The van der Waals surface area contributed by atoms with Gasteiger partial charge in [0, 0.05) is 57.5 Å². The molecule has 0 aliphatic carbocycles. The van der Waals surface area contributed by atoms with Gasteiger partial charge in [0.25, 0.3) is 5.91 Å². The highest BCUT2D eigenvalue weighted by Crippen LogP contribution is 2.24. The number of hydrogen-bond acceptors (Lipinski definition) is 7. The minimum Gasteiger partial charge on any atom is -0.460 e. The molecule has 2 saturated heterocycles. The largest absolute Gasteiger partial charge is 0.460 e. The number of piperazine rings is 1. The van der Waals surface area contributed by atoms with Gasteiger partial charge in [0.15, 0.2) is 0 Å². The topological polar surface area (TPSA) is 91.4 Å². The number of halogens is 1. The van der Waals surface area contributed by atoms with Gasteiger partial charge in [-0.3, -0.25) is 14.5 Å². The molecule has 0 radical (unpaired) electrons.